The molecule has 2 aromatic rings. The number of hydrogen-bond acceptors (Lipinski definition) is 3. The molecule has 2 rings (SSSR count). The van der Waals surface area contributed by atoms with Crippen LogP contribution in [0.1, 0.15) is 0 Å². The number of benzene rings is 2. The number of urea groups is 1. The summed E-state index contributed by atoms with van der Waals surface area (Å²) in [6, 6.07) is 12.0. The van der Waals surface area contributed by atoms with Crippen LogP contribution in [-0.4, -0.2) is 19.8 Å². The van der Waals surface area contributed by atoms with Crippen molar-refractivity contribution in [2.75, 3.05) is 17.7 Å². The van der Waals surface area contributed by atoms with E-state index in [9.17, 15) is 13.6 Å². The summed E-state index contributed by atoms with van der Waals surface area (Å²) in [7, 11) is 1.55. The number of nitrogens with one attached hydrogen (secondary N) is 2. The van der Waals surface area contributed by atoms with E-state index in [-0.39, 0.29) is 5.75 Å². The third-order valence-corrected chi connectivity index (χ3v) is 2.69. The molecule has 0 saturated carbocycles. The largest absolute Gasteiger partial charge is 0.497 e. The molecule has 2 amide bonds. The lowest BCUT2D eigenvalue weighted by molar-refractivity contribution is -0.0498. The molecule has 0 bridgehead atoms. The van der Waals surface area contributed by atoms with Gasteiger partial charge in [-0.3, -0.25) is 0 Å². The van der Waals surface area contributed by atoms with Crippen LogP contribution in [0.5, 0.6) is 11.5 Å². The van der Waals surface area contributed by atoms with Crippen LogP contribution in [0.15, 0.2) is 48.5 Å². The summed E-state index contributed by atoms with van der Waals surface area (Å²) in [5, 5.41) is 5.21. The number of rotatable bonds is 5. The maximum Gasteiger partial charge on any atom is 0.387 e. The normalized spacial score (nSPS) is 10.2. The smallest absolute Gasteiger partial charge is 0.387 e. The minimum absolute atomic E-state index is 0.0242. The molecular weight excluding hydrogens is 294 g/mol. The van der Waals surface area contributed by atoms with Gasteiger partial charge in [0.25, 0.3) is 0 Å². The van der Waals surface area contributed by atoms with Gasteiger partial charge in [-0.25, -0.2) is 4.79 Å². The van der Waals surface area contributed by atoms with Crippen molar-refractivity contribution in [1.82, 2.24) is 0 Å². The summed E-state index contributed by atoms with van der Waals surface area (Å²) in [5.41, 5.74) is 1.04. The van der Waals surface area contributed by atoms with Gasteiger partial charge in [0.15, 0.2) is 0 Å². The monoisotopic (exact) mass is 308 g/mol. The standard InChI is InChI=1S/C15H14F2N2O3/c1-21-12-6-2-10(3-7-12)18-15(20)19-11-4-8-13(9-5-11)22-14(16)17/h2-9,14H,1H3,(H2,18,19,20). The van der Waals surface area contributed by atoms with Gasteiger partial charge in [0.2, 0.25) is 0 Å². The van der Waals surface area contributed by atoms with E-state index >= 15 is 0 Å². The van der Waals surface area contributed by atoms with Crippen LogP contribution in [-0.2, 0) is 0 Å². The van der Waals surface area contributed by atoms with Gasteiger partial charge in [0.05, 0.1) is 7.11 Å². The third kappa shape index (κ3) is 4.62. The molecule has 0 aromatic heterocycles. The van der Waals surface area contributed by atoms with Crippen LogP contribution in [0.3, 0.4) is 0 Å². The lowest BCUT2D eigenvalue weighted by Crippen LogP contribution is -2.19. The van der Waals surface area contributed by atoms with Gasteiger partial charge >= 0.3 is 12.6 Å². The number of carbonyl (C=O) groups excluding carboxylic acids is 1. The molecule has 116 valence electrons. The summed E-state index contributed by atoms with van der Waals surface area (Å²) in [6.45, 7) is -2.88. The molecule has 0 aliphatic rings. The fraction of sp³-hybridized carbons (Fsp3) is 0.133. The van der Waals surface area contributed by atoms with Gasteiger partial charge in [-0.2, -0.15) is 8.78 Å². The molecule has 0 saturated heterocycles. The van der Waals surface area contributed by atoms with Crippen LogP contribution in [0.25, 0.3) is 0 Å². The van der Waals surface area contributed by atoms with Crippen LogP contribution in [0.2, 0.25) is 0 Å². The molecule has 0 fully saturated rings. The summed E-state index contributed by atoms with van der Waals surface area (Å²) < 4.78 is 33.3. The Morgan fingerprint density at radius 1 is 0.909 bits per heavy atom. The van der Waals surface area contributed by atoms with Crippen LogP contribution < -0.4 is 20.1 Å². The van der Waals surface area contributed by atoms with Crippen LogP contribution in [0, 0.1) is 0 Å². The molecule has 7 heteroatoms. The molecule has 22 heavy (non-hydrogen) atoms. The van der Waals surface area contributed by atoms with Crippen molar-refractivity contribution in [2.45, 2.75) is 6.61 Å². The number of halogens is 2. The Kier molecular flexibility index (Phi) is 5.13. The second-order valence-corrected chi connectivity index (χ2v) is 4.21. The predicted molar refractivity (Wildman–Crippen MR) is 78.7 cm³/mol. The Hall–Kier alpha value is -2.83. The molecule has 0 heterocycles. The fourth-order valence-electron chi connectivity index (χ4n) is 1.69. The zero-order valence-electron chi connectivity index (χ0n) is 11.7. The first-order valence-corrected chi connectivity index (χ1v) is 6.34. The quantitative estimate of drug-likeness (QED) is 0.879. The van der Waals surface area contributed by atoms with Crippen molar-refractivity contribution in [3.63, 3.8) is 0 Å². The lowest BCUT2D eigenvalue weighted by atomic mass is 10.3. The van der Waals surface area contributed by atoms with E-state index in [0.29, 0.717) is 17.1 Å². The first-order chi connectivity index (χ1) is 10.6. The molecule has 0 aliphatic heterocycles. The molecule has 0 aliphatic carbocycles. The Morgan fingerprint density at radius 3 is 1.77 bits per heavy atom. The number of alkyl halides is 2. The number of carbonyl (C=O) groups is 1. The van der Waals surface area contributed by atoms with E-state index in [1.165, 1.54) is 24.3 Å². The second-order valence-electron chi connectivity index (χ2n) is 4.21. The molecule has 5 nitrogen and oxygen atoms in total. The van der Waals surface area contributed by atoms with Gasteiger partial charge in [-0.1, -0.05) is 0 Å². The molecule has 2 aromatic carbocycles. The van der Waals surface area contributed by atoms with E-state index in [4.69, 9.17) is 4.74 Å². The summed E-state index contributed by atoms with van der Waals surface area (Å²) in [6.07, 6.45) is 0. The maximum absolute atomic E-state index is 12.0. The molecular formula is C15H14F2N2O3. The van der Waals surface area contributed by atoms with Crippen molar-refractivity contribution >= 4 is 17.4 Å². The molecule has 0 unspecified atom stereocenters. The molecule has 0 atom stereocenters. The van der Waals surface area contributed by atoms with E-state index in [1.54, 1.807) is 31.4 Å². The summed E-state index contributed by atoms with van der Waals surface area (Å²) >= 11 is 0. The van der Waals surface area contributed by atoms with E-state index in [1.807, 2.05) is 0 Å². The minimum atomic E-state index is -2.88. The number of anilines is 2. The maximum atomic E-state index is 12.0. The Labute approximate surface area is 125 Å². The SMILES string of the molecule is COc1ccc(NC(=O)Nc2ccc(OC(F)F)cc2)cc1. The van der Waals surface area contributed by atoms with Gasteiger partial charge in [0, 0.05) is 11.4 Å². The topological polar surface area (TPSA) is 59.6 Å². The zero-order valence-corrected chi connectivity index (χ0v) is 11.7. The number of amides is 2. The number of ether oxygens (including phenoxy) is 2. The molecule has 0 spiro atoms. The van der Waals surface area contributed by atoms with E-state index in [2.05, 4.69) is 15.4 Å². The minimum Gasteiger partial charge on any atom is -0.497 e. The highest BCUT2D eigenvalue weighted by Gasteiger charge is 2.06. The fourth-order valence-corrected chi connectivity index (χ4v) is 1.69. The van der Waals surface area contributed by atoms with Gasteiger partial charge in [-0.05, 0) is 48.5 Å². The van der Waals surface area contributed by atoms with Crippen LogP contribution >= 0.6 is 0 Å². The molecule has 2 N–H and O–H groups in total. The van der Waals surface area contributed by atoms with Gasteiger partial charge in [0.1, 0.15) is 11.5 Å². The van der Waals surface area contributed by atoms with Crippen LogP contribution in [0.4, 0.5) is 25.0 Å². The first-order valence-electron chi connectivity index (χ1n) is 6.34. The average Bonchev–Trinajstić information content (AvgIpc) is 2.49. The van der Waals surface area contributed by atoms with E-state index < -0.39 is 12.6 Å². The second kappa shape index (κ2) is 7.26. The first kappa shape index (κ1) is 15.6. The highest BCUT2D eigenvalue weighted by Crippen LogP contribution is 2.18. The van der Waals surface area contributed by atoms with Crippen molar-refractivity contribution < 1.29 is 23.0 Å². The summed E-state index contributed by atoms with van der Waals surface area (Å²) in [4.78, 5) is 11.8. The zero-order chi connectivity index (χ0) is 15.9. The van der Waals surface area contributed by atoms with Crippen molar-refractivity contribution in [2.24, 2.45) is 0 Å². The highest BCUT2D eigenvalue weighted by atomic mass is 19.3. The lowest BCUT2D eigenvalue weighted by Gasteiger charge is -2.09. The third-order valence-electron chi connectivity index (χ3n) is 2.69. The Bertz CT molecular complexity index is 616. The van der Waals surface area contributed by atoms with Crippen molar-refractivity contribution in [3.05, 3.63) is 48.5 Å². The van der Waals surface area contributed by atoms with Crippen molar-refractivity contribution in [3.8, 4) is 11.5 Å². The highest BCUT2D eigenvalue weighted by molar-refractivity contribution is 5.99. The van der Waals surface area contributed by atoms with Gasteiger partial charge in [-0.15, -0.1) is 0 Å². The van der Waals surface area contributed by atoms with E-state index in [0.717, 1.165) is 0 Å². The Balaban J connectivity index is 1.90. The van der Waals surface area contributed by atoms with Gasteiger partial charge < -0.3 is 20.1 Å². The Morgan fingerprint density at radius 2 is 1.36 bits per heavy atom. The number of methoxy groups -OCH3 is 1. The average molecular weight is 308 g/mol. The predicted octanol–water partition coefficient (Wildman–Crippen LogP) is 3.94. The molecule has 0 radical (unpaired) electrons. The summed E-state index contributed by atoms with van der Waals surface area (Å²) in [5.74, 6) is 0.705. The number of hydrogen-bond donors (Lipinski definition) is 2. The van der Waals surface area contributed by atoms with Crippen molar-refractivity contribution in [1.29, 1.82) is 0 Å².